The molecule has 2 N–H and O–H groups in total. The van der Waals surface area contributed by atoms with Gasteiger partial charge in [-0.1, -0.05) is 48.6 Å². The number of H-pyrrole nitrogens is 1. The standard InChI is InChI=1S/C26H28N2O2/c29-26(18-8-2-1-3-9-18)30-17-20-11-5-4-10-19(20)16-24-25-22(14-15-27-24)21-12-6-7-13-23(21)28-25/h1-9,12-13,19-20,24,27-28H,10-11,14-17H2/t19-,20+,24-/m0/s1. The van der Waals surface area contributed by atoms with Crippen molar-refractivity contribution in [3.63, 3.8) is 0 Å². The van der Waals surface area contributed by atoms with E-state index < -0.39 is 0 Å². The van der Waals surface area contributed by atoms with Gasteiger partial charge >= 0.3 is 5.97 Å². The summed E-state index contributed by atoms with van der Waals surface area (Å²) in [5.41, 5.74) is 4.66. The monoisotopic (exact) mass is 400 g/mol. The van der Waals surface area contributed by atoms with E-state index in [1.54, 1.807) is 0 Å². The maximum Gasteiger partial charge on any atom is 0.338 e. The van der Waals surface area contributed by atoms with Gasteiger partial charge in [0.05, 0.1) is 12.2 Å². The lowest BCUT2D eigenvalue weighted by molar-refractivity contribution is 0.0375. The second-order valence-corrected chi connectivity index (χ2v) is 8.48. The van der Waals surface area contributed by atoms with Crippen molar-refractivity contribution in [3.8, 4) is 0 Å². The van der Waals surface area contributed by atoms with Crippen LogP contribution in [0.3, 0.4) is 0 Å². The molecule has 2 aromatic carbocycles. The van der Waals surface area contributed by atoms with E-state index in [-0.39, 0.29) is 5.97 Å². The van der Waals surface area contributed by atoms with Crippen molar-refractivity contribution in [3.05, 3.63) is 83.6 Å². The van der Waals surface area contributed by atoms with Crippen LogP contribution in [0.15, 0.2) is 66.7 Å². The Morgan fingerprint density at radius 1 is 0.967 bits per heavy atom. The first kappa shape index (κ1) is 19.1. The van der Waals surface area contributed by atoms with Crippen LogP contribution in [0.4, 0.5) is 0 Å². The zero-order valence-corrected chi connectivity index (χ0v) is 17.1. The number of allylic oxidation sites excluding steroid dienone is 2. The molecule has 1 aromatic heterocycles. The smallest absolute Gasteiger partial charge is 0.338 e. The van der Waals surface area contributed by atoms with E-state index >= 15 is 0 Å². The van der Waals surface area contributed by atoms with Crippen molar-refractivity contribution in [1.82, 2.24) is 10.3 Å². The van der Waals surface area contributed by atoms with E-state index in [0.717, 1.165) is 32.2 Å². The zero-order valence-electron chi connectivity index (χ0n) is 17.1. The van der Waals surface area contributed by atoms with Crippen LogP contribution in [0.25, 0.3) is 10.9 Å². The van der Waals surface area contributed by atoms with Gasteiger partial charge in [0.15, 0.2) is 0 Å². The molecule has 4 nitrogen and oxygen atoms in total. The first-order valence-electron chi connectivity index (χ1n) is 11.0. The lowest BCUT2D eigenvalue weighted by Crippen LogP contribution is -2.34. The number of hydrogen-bond acceptors (Lipinski definition) is 3. The molecule has 0 fully saturated rings. The molecule has 3 atom stereocenters. The second kappa shape index (κ2) is 8.49. The Morgan fingerprint density at radius 2 is 1.73 bits per heavy atom. The molecule has 1 aliphatic heterocycles. The number of carbonyl (C=O) groups is 1. The van der Waals surface area contributed by atoms with E-state index in [4.69, 9.17) is 4.74 Å². The highest BCUT2D eigenvalue weighted by atomic mass is 16.5. The van der Waals surface area contributed by atoms with Crippen molar-refractivity contribution in [2.45, 2.75) is 31.7 Å². The van der Waals surface area contributed by atoms with Crippen LogP contribution in [-0.4, -0.2) is 24.1 Å². The fraction of sp³-hybridized carbons (Fsp3) is 0.346. The van der Waals surface area contributed by atoms with Crippen molar-refractivity contribution in [2.24, 2.45) is 11.8 Å². The van der Waals surface area contributed by atoms with Gasteiger partial charge in [-0.3, -0.25) is 0 Å². The highest BCUT2D eigenvalue weighted by molar-refractivity contribution is 5.89. The predicted octanol–water partition coefficient (Wildman–Crippen LogP) is 5.18. The summed E-state index contributed by atoms with van der Waals surface area (Å²) in [6, 6.07) is 18.2. The minimum absolute atomic E-state index is 0.224. The Morgan fingerprint density at radius 3 is 2.60 bits per heavy atom. The van der Waals surface area contributed by atoms with Gasteiger partial charge in [0, 0.05) is 22.6 Å². The molecule has 2 aliphatic rings. The number of ether oxygens (including phenoxy) is 1. The zero-order chi connectivity index (χ0) is 20.3. The van der Waals surface area contributed by atoms with Crippen LogP contribution < -0.4 is 5.32 Å². The summed E-state index contributed by atoms with van der Waals surface area (Å²) in [4.78, 5) is 16.1. The van der Waals surface area contributed by atoms with E-state index in [1.165, 1.54) is 22.2 Å². The van der Waals surface area contributed by atoms with Crippen LogP contribution in [0.5, 0.6) is 0 Å². The van der Waals surface area contributed by atoms with Crippen LogP contribution in [0, 0.1) is 11.8 Å². The second-order valence-electron chi connectivity index (χ2n) is 8.48. The topological polar surface area (TPSA) is 54.1 Å². The van der Waals surface area contributed by atoms with Crippen LogP contribution in [-0.2, 0) is 11.2 Å². The predicted molar refractivity (Wildman–Crippen MR) is 119 cm³/mol. The number of aromatic amines is 1. The van der Waals surface area contributed by atoms with Crippen molar-refractivity contribution in [2.75, 3.05) is 13.2 Å². The third kappa shape index (κ3) is 3.80. The number of carbonyl (C=O) groups excluding carboxylic acids is 1. The minimum atomic E-state index is -0.224. The largest absolute Gasteiger partial charge is 0.462 e. The van der Waals surface area contributed by atoms with E-state index in [2.05, 4.69) is 46.7 Å². The summed E-state index contributed by atoms with van der Waals surface area (Å²) in [7, 11) is 0. The molecule has 1 aliphatic carbocycles. The first-order chi connectivity index (χ1) is 14.8. The summed E-state index contributed by atoms with van der Waals surface area (Å²) >= 11 is 0. The molecule has 154 valence electrons. The first-order valence-corrected chi connectivity index (χ1v) is 11.0. The molecule has 0 unspecified atom stereocenters. The summed E-state index contributed by atoms with van der Waals surface area (Å²) < 4.78 is 5.70. The Balaban J connectivity index is 1.29. The van der Waals surface area contributed by atoms with Gasteiger partial charge in [-0.2, -0.15) is 0 Å². The number of fused-ring (bicyclic) bond motifs is 3. The third-order valence-electron chi connectivity index (χ3n) is 6.65. The summed E-state index contributed by atoms with van der Waals surface area (Å²) in [5.74, 6) is 0.630. The van der Waals surface area contributed by atoms with Gasteiger partial charge in [-0.15, -0.1) is 0 Å². The van der Waals surface area contributed by atoms with Crippen LogP contribution in [0.2, 0.25) is 0 Å². The number of nitrogens with one attached hydrogen (secondary N) is 2. The van der Waals surface area contributed by atoms with Gasteiger partial charge < -0.3 is 15.0 Å². The Bertz CT molecular complexity index is 1050. The maximum atomic E-state index is 12.4. The molecule has 5 rings (SSSR count). The normalized spacial score (nSPS) is 23.3. The fourth-order valence-corrected chi connectivity index (χ4v) is 5.03. The number of aromatic nitrogens is 1. The van der Waals surface area contributed by atoms with Crippen molar-refractivity contribution < 1.29 is 9.53 Å². The average Bonchev–Trinajstić information content (AvgIpc) is 3.19. The van der Waals surface area contributed by atoms with Gasteiger partial charge in [-0.05, 0) is 67.8 Å². The summed E-state index contributed by atoms with van der Waals surface area (Å²) in [5, 5.41) is 5.09. The molecule has 0 saturated carbocycles. The third-order valence-corrected chi connectivity index (χ3v) is 6.65. The van der Waals surface area contributed by atoms with Gasteiger partial charge in [0.25, 0.3) is 0 Å². The highest BCUT2D eigenvalue weighted by Crippen LogP contribution is 2.37. The quantitative estimate of drug-likeness (QED) is 0.458. The molecule has 30 heavy (non-hydrogen) atoms. The van der Waals surface area contributed by atoms with Gasteiger partial charge in [0.1, 0.15) is 0 Å². The molecule has 0 radical (unpaired) electrons. The number of esters is 1. The molecule has 4 heteroatoms. The van der Waals surface area contributed by atoms with E-state index in [0.29, 0.717) is 30.0 Å². The molecule has 3 aromatic rings. The molecule has 0 amide bonds. The number of rotatable bonds is 5. The maximum absolute atomic E-state index is 12.4. The van der Waals surface area contributed by atoms with E-state index in [9.17, 15) is 4.79 Å². The Labute approximate surface area is 177 Å². The van der Waals surface area contributed by atoms with Gasteiger partial charge in [0.2, 0.25) is 0 Å². The van der Waals surface area contributed by atoms with Gasteiger partial charge in [-0.25, -0.2) is 4.79 Å². The molecular weight excluding hydrogens is 372 g/mol. The molecule has 0 saturated heterocycles. The number of benzene rings is 2. The van der Waals surface area contributed by atoms with E-state index in [1.807, 2.05) is 30.3 Å². The lowest BCUT2D eigenvalue weighted by atomic mass is 9.78. The fourth-order valence-electron chi connectivity index (χ4n) is 5.03. The van der Waals surface area contributed by atoms with Crippen molar-refractivity contribution >= 4 is 16.9 Å². The highest BCUT2D eigenvalue weighted by Gasteiger charge is 2.31. The minimum Gasteiger partial charge on any atom is -0.462 e. The lowest BCUT2D eigenvalue weighted by Gasteiger charge is -2.33. The van der Waals surface area contributed by atoms with Crippen molar-refractivity contribution in [1.29, 1.82) is 0 Å². The summed E-state index contributed by atoms with van der Waals surface area (Å²) in [6.45, 7) is 1.49. The summed E-state index contributed by atoms with van der Waals surface area (Å²) in [6.07, 6.45) is 8.66. The number of para-hydroxylation sites is 1. The van der Waals surface area contributed by atoms with Crippen LogP contribution >= 0.6 is 0 Å². The number of hydrogen-bond donors (Lipinski definition) is 2. The molecular formula is C26H28N2O2. The molecule has 2 heterocycles. The molecule has 0 spiro atoms. The molecule has 0 bridgehead atoms. The Kier molecular flexibility index (Phi) is 5.41. The average molecular weight is 401 g/mol. The Hall–Kier alpha value is -2.85. The van der Waals surface area contributed by atoms with Crippen LogP contribution in [0.1, 0.15) is 46.9 Å². The SMILES string of the molecule is O=C(OC[C@H]1CC=CC[C@H]1C[C@@H]1NCCc2c1[nH]c1ccccc21)c1ccccc1.